The standard InChI is InChI=1S/C10H17N5O2S2/c1-4-7-8-9(14(2)13-7)15(10(18)12-8)6-5-11-19(3,16)17/h11H,4-6H2,1-3H3,(H,12,18). The molecule has 2 aromatic rings. The number of nitrogens with one attached hydrogen (secondary N) is 2. The molecule has 2 N–H and O–H groups in total. The minimum absolute atomic E-state index is 0.298. The van der Waals surface area contributed by atoms with E-state index in [1.807, 2.05) is 18.5 Å². The van der Waals surface area contributed by atoms with Gasteiger partial charge in [0.1, 0.15) is 5.52 Å². The molecule has 0 bridgehead atoms. The lowest BCUT2D eigenvalue weighted by Gasteiger charge is -2.05. The molecular weight excluding hydrogens is 286 g/mol. The van der Waals surface area contributed by atoms with E-state index in [1.165, 1.54) is 0 Å². The van der Waals surface area contributed by atoms with Crippen LogP contribution in [0.1, 0.15) is 12.6 Å². The molecule has 0 saturated carbocycles. The summed E-state index contributed by atoms with van der Waals surface area (Å²) in [7, 11) is -1.33. The van der Waals surface area contributed by atoms with E-state index in [1.54, 1.807) is 4.68 Å². The van der Waals surface area contributed by atoms with E-state index in [9.17, 15) is 8.42 Å². The number of aryl methyl sites for hydroxylation is 2. The molecule has 9 heteroatoms. The van der Waals surface area contributed by atoms with Crippen molar-refractivity contribution in [2.75, 3.05) is 12.8 Å². The van der Waals surface area contributed by atoms with E-state index in [4.69, 9.17) is 12.2 Å². The van der Waals surface area contributed by atoms with Gasteiger partial charge in [0.15, 0.2) is 10.4 Å². The SMILES string of the molecule is CCc1nn(C)c2c1[nH]c(=S)n2CCNS(C)(=O)=O. The molecule has 0 saturated heterocycles. The molecule has 2 rings (SSSR count). The Morgan fingerprint density at radius 3 is 2.74 bits per heavy atom. The first-order chi connectivity index (χ1) is 8.83. The van der Waals surface area contributed by atoms with Crippen molar-refractivity contribution < 1.29 is 8.42 Å². The Bertz CT molecular complexity index is 753. The zero-order valence-electron chi connectivity index (χ0n) is 11.1. The molecule has 0 fully saturated rings. The predicted octanol–water partition coefficient (Wildman–Crippen LogP) is 0.544. The number of sulfonamides is 1. The first-order valence-corrected chi connectivity index (χ1v) is 8.22. The third kappa shape index (κ3) is 2.88. The number of hydrogen-bond donors (Lipinski definition) is 2. The Balaban J connectivity index is 2.35. The van der Waals surface area contributed by atoms with Crippen LogP contribution in [0, 0.1) is 4.77 Å². The lowest BCUT2D eigenvalue weighted by atomic mass is 10.3. The number of nitrogens with zero attached hydrogens (tertiary/aromatic N) is 3. The van der Waals surface area contributed by atoms with Gasteiger partial charge in [0, 0.05) is 20.1 Å². The molecule has 7 nitrogen and oxygen atoms in total. The molecule has 2 aromatic heterocycles. The van der Waals surface area contributed by atoms with Gasteiger partial charge in [-0.3, -0.25) is 4.68 Å². The summed E-state index contributed by atoms with van der Waals surface area (Å²) >= 11 is 5.27. The van der Waals surface area contributed by atoms with Gasteiger partial charge in [-0.15, -0.1) is 0 Å². The maximum absolute atomic E-state index is 11.1. The van der Waals surface area contributed by atoms with Crippen molar-refractivity contribution in [1.29, 1.82) is 0 Å². The van der Waals surface area contributed by atoms with Gasteiger partial charge in [0.2, 0.25) is 10.0 Å². The predicted molar refractivity (Wildman–Crippen MR) is 76.1 cm³/mol. The van der Waals surface area contributed by atoms with Crippen LogP contribution in [0.3, 0.4) is 0 Å². The number of rotatable bonds is 5. The van der Waals surface area contributed by atoms with Gasteiger partial charge < -0.3 is 9.55 Å². The fourth-order valence-electron chi connectivity index (χ4n) is 2.08. The van der Waals surface area contributed by atoms with Crippen LogP contribution < -0.4 is 4.72 Å². The van der Waals surface area contributed by atoms with Crippen LogP contribution in [-0.4, -0.2) is 40.5 Å². The maximum atomic E-state index is 11.1. The Morgan fingerprint density at radius 2 is 2.16 bits per heavy atom. The Kier molecular flexibility index (Phi) is 3.79. The highest BCUT2D eigenvalue weighted by atomic mass is 32.2. The average Bonchev–Trinajstić information content (AvgIpc) is 2.76. The van der Waals surface area contributed by atoms with Gasteiger partial charge in [-0.25, -0.2) is 13.1 Å². The highest BCUT2D eigenvalue weighted by molar-refractivity contribution is 7.88. The highest BCUT2D eigenvalue weighted by Crippen LogP contribution is 2.17. The maximum Gasteiger partial charge on any atom is 0.208 e. The molecular formula is C10H17N5O2S2. The van der Waals surface area contributed by atoms with Crippen molar-refractivity contribution in [2.45, 2.75) is 19.9 Å². The summed E-state index contributed by atoms with van der Waals surface area (Å²) in [5.74, 6) is 0. The summed E-state index contributed by atoms with van der Waals surface area (Å²) in [6.07, 6.45) is 1.95. The minimum atomic E-state index is -3.18. The molecule has 0 aliphatic heterocycles. The van der Waals surface area contributed by atoms with Crippen molar-refractivity contribution in [2.24, 2.45) is 7.05 Å². The van der Waals surface area contributed by atoms with Crippen molar-refractivity contribution in [3.63, 3.8) is 0 Å². The summed E-state index contributed by atoms with van der Waals surface area (Å²) in [6, 6.07) is 0. The minimum Gasteiger partial charge on any atom is -0.328 e. The molecule has 0 aliphatic carbocycles. The van der Waals surface area contributed by atoms with Crippen molar-refractivity contribution in [3.05, 3.63) is 10.5 Å². The third-order valence-electron chi connectivity index (χ3n) is 2.86. The van der Waals surface area contributed by atoms with E-state index in [0.29, 0.717) is 17.9 Å². The van der Waals surface area contributed by atoms with E-state index >= 15 is 0 Å². The quantitative estimate of drug-likeness (QED) is 0.790. The lowest BCUT2D eigenvalue weighted by molar-refractivity contribution is 0.577. The molecule has 0 aliphatic rings. The van der Waals surface area contributed by atoms with Crippen molar-refractivity contribution >= 4 is 33.4 Å². The Hall–Kier alpha value is -1.19. The number of hydrogen-bond acceptors (Lipinski definition) is 4. The van der Waals surface area contributed by atoms with Gasteiger partial charge in [0.25, 0.3) is 0 Å². The smallest absolute Gasteiger partial charge is 0.208 e. The molecule has 2 heterocycles. The fourth-order valence-corrected chi connectivity index (χ4v) is 2.82. The second kappa shape index (κ2) is 5.06. The number of H-pyrrole nitrogens is 1. The van der Waals surface area contributed by atoms with Gasteiger partial charge in [0.05, 0.1) is 11.9 Å². The molecule has 0 atom stereocenters. The molecule has 19 heavy (non-hydrogen) atoms. The molecule has 106 valence electrons. The molecule has 0 unspecified atom stereocenters. The van der Waals surface area contributed by atoms with Crippen molar-refractivity contribution in [1.82, 2.24) is 24.1 Å². The van der Waals surface area contributed by atoms with Crippen LogP contribution in [0.5, 0.6) is 0 Å². The Morgan fingerprint density at radius 1 is 1.47 bits per heavy atom. The van der Waals surface area contributed by atoms with Crippen LogP contribution >= 0.6 is 12.2 Å². The lowest BCUT2D eigenvalue weighted by Crippen LogP contribution is -2.26. The van der Waals surface area contributed by atoms with Gasteiger partial charge in [-0.2, -0.15) is 5.10 Å². The van der Waals surface area contributed by atoms with Crippen LogP contribution in [0.4, 0.5) is 0 Å². The summed E-state index contributed by atoms with van der Waals surface area (Å²) in [6.45, 7) is 2.79. The summed E-state index contributed by atoms with van der Waals surface area (Å²) in [4.78, 5) is 3.13. The fraction of sp³-hybridized carbons (Fsp3) is 0.600. The number of imidazole rings is 1. The van der Waals surface area contributed by atoms with Gasteiger partial charge >= 0.3 is 0 Å². The van der Waals surface area contributed by atoms with E-state index < -0.39 is 10.0 Å². The first kappa shape index (κ1) is 14.2. The van der Waals surface area contributed by atoms with E-state index in [2.05, 4.69) is 14.8 Å². The van der Waals surface area contributed by atoms with Crippen LogP contribution in [-0.2, 0) is 30.0 Å². The molecule has 0 amide bonds. The Labute approximate surface area is 116 Å². The largest absolute Gasteiger partial charge is 0.328 e. The van der Waals surface area contributed by atoms with E-state index in [0.717, 1.165) is 29.5 Å². The molecule has 0 spiro atoms. The van der Waals surface area contributed by atoms with Gasteiger partial charge in [-0.1, -0.05) is 6.92 Å². The average molecular weight is 303 g/mol. The van der Waals surface area contributed by atoms with Crippen LogP contribution in [0.2, 0.25) is 0 Å². The molecule has 0 aromatic carbocycles. The normalized spacial score (nSPS) is 12.4. The first-order valence-electron chi connectivity index (χ1n) is 5.92. The monoisotopic (exact) mass is 303 g/mol. The highest BCUT2D eigenvalue weighted by Gasteiger charge is 2.14. The van der Waals surface area contributed by atoms with Gasteiger partial charge in [-0.05, 0) is 18.6 Å². The number of aromatic nitrogens is 4. The summed E-state index contributed by atoms with van der Waals surface area (Å²) in [5, 5.41) is 4.41. The second-order valence-corrected chi connectivity index (χ2v) is 6.59. The summed E-state index contributed by atoms with van der Waals surface area (Å²) < 4.78 is 28.8. The third-order valence-corrected chi connectivity index (χ3v) is 3.91. The van der Waals surface area contributed by atoms with E-state index in [-0.39, 0.29) is 0 Å². The zero-order valence-corrected chi connectivity index (χ0v) is 12.7. The second-order valence-electron chi connectivity index (χ2n) is 4.37. The topological polar surface area (TPSA) is 84.7 Å². The van der Waals surface area contributed by atoms with Crippen molar-refractivity contribution in [3.8, 4) is 0 Å². The number of fused-ring (bicyclic) bond motifs is 1. The zero-order chi connectivity index (χ0) is 14.2. The van der Waals surface area contributed by atoms with Crippen LogP contribution in [0.15, 0.2) is 0 Å². The van der Waals surface area contributed by atoms with Crippen LogP contribution in [0.25, 0.3) is 11.2 Å². The summed E-state index contributed by atoms with van der Waals surface area (Å²) in [5.41, 5.74) is 2.77. The molecule has 0 radical (unpaired) electrons. The number of aromatic amines is 1.